The number of nitrogens with one attached hydrogen (secondary N) is 1. The molecule has 0 unspecified atom stereocenters. The van der Waals surface area contributed by atoms with E-state index in [-0.39, 0.29) is 0 Å². The summed E-state index contributed by atoms with van der Waals surface area (Å²) in [5, 5.41) is 0.794. The SMILES string of the molecule is ClNCl.Clc1ccccc1. The lowest BCUT2D eigenvalue weighted by Gasteiger charge is -1.80. The molecule has 1 aromatic rings. The first kappa shape index (κ1) is 10.0. The predicted octanol–water partition coefficient (Wildman–Crippen LogP) is 3.22. The van der Waals surface area contributed by atoms with E-state index in [0.29, 0.717) is 0 Å². The summed E-state index contributed by atoms with van der Waals surface area (Å²) in [7, 11) is 0. The zero-order valence-corrected chi connectivity index (χ0v) is 7.29. The van der Waals surface area contributed by atoms with Gasteiger partial charge in [-0.25, -0.2) is 0 Å². The van der Waals surface area contributed by atoms with Crippen LogP contribution in [-0.2, 0) is 0 Å². The molecule has 1 N–H and O–H groups in total. The van der Waals surface area contributed by atoms with Gasteiger partial charge in [-0.05, 0) is 35.7 Å². The summed E-state index contributed by atoms with van der Waals surface area (Å²) >= 11 is 14.6. The van der Waals surface area contributed by atoms with E-state index in [1.165, 1.54) is 0 Å². The Morgan fingerprint density at radius 1 is 1.00 bits per heavy atom. The fraction of sp³-hybridized carbons (Fsp3) is 0. The third kappa shape index (κ3) is 6.17. The van der Waals surface area contributed by atoms with Gasteiger partial charge in [0.1, 0.15) is 0 Å². The molecule has 56 valence electrons. The summed E-state index contributed by atoms with van der Waals surface area (Å²) in [6, 6.07) is 9.44. The highest BCUT2D eigenvalue weighted by molar-refractivity contribution is 6.33. The van der Waals surface area contributed by atoms with Crippen LogP contribution in [0, 0.1) is 0 Å². The lowest BCUT2D eigenvalue weighted by Crippen LogP contribution is -1.59. The average Bonchev–Trinajstić information content (AvgIpc) is 1.91. The fourth-order valence-electron chi connectivity index (χ4n) is 0.415. The number of hydrogen-bond donors (Lipinski definition) is 1. The van der Waals surface area contributed by atoms with Crippen molar-refractivity contribution in [3.63, 3.8) is 0 Å². The molecule has 10 heavy (non-hydrogen) atoms. The van der Waals surface area contributed by atoms with Gasteiger partial charge in [-0.15, -0.1) is 4.35 Å². The second kappa shape index (κ2) is 7.16. The molecule has 0 radical (unpaired) electrons. The van der Waals surface area contributed by atoms with Gasteiger partial charge >= 0.3 is 0 Å². The lowest BCUT2D eigenvalue weighted by molar-refractivity contribution is 1.69. The van der Waals surface area contributed by atoms with Crippen molar-refractivity contribution in [1.29, 1.82) is 0 Å². The minimum absolute atomic E-state index is 0.794. The second-order valence-electron chi connectivity index (χ2n) is 1.37. The highest BCUT2D eigenvalue weighted by atomic mass is 35.5. The topological polar surface area (TPSA) is 12.0 Å². The summed E-state index contributed by atoms with van der Waals surface area (Å²) in [6.07, 6.45) is 0. The molecule has 0 aliphatic rings. The van der Waals surface area contributed by atoms with Crippen molar-refractivity contribution < 1.29 is 0 Å². The summed E-state index contributed by atoms with van der Waals surface area (Å²) in [4.78, 5) is 0. The maximum atomic E-state index is 5.54. The van der Waals surface area contributed by atoms with Crippen molar-refractivity contribution in [2.75, 3.05) is 0 Å². The van der Waals surface area contributed by atoms with E-state index in [9.17, 15) is 0 Å². The van der Waals surface area contributed by atoms with E-state index in [0.717, 1.165) is 5.02 Å². The fourth-order valence-corrected chi connectivity index (χ4v) is 0.560. The first-order valence-electron chi connectivity index (χ1n) is 2.48. The number of hydrogen-bond acceptors (Lipinski definition) is 1. The van der Waals surface area contributed by atoms with Gasteiger partial charge in [0, 0.05) is 5.02 Å². The van der Waals surface area contributed by atoms with Gasteiger partial charge in [0.2, 0.25) is 0 Å². The molecule has 1 aromatic carbocycles. The third-order valence-electron chi connectivity index (χ3n) is 0.733. The van der Waals surface area contributed by atoms with Gasteiger partial charge in [0.25, 0.3) is 0 Å². The summed E-state index contributed by atoms with van der Waals surface area (Å²) in [5.41, 5.74) is 0. The standard InChI is InChI=1S/C6H5Cl.Cl2HN/c7-6-4-2-1-3-5-6;1-3-2/h1-5H;3H. The van der Waals surface area contributed by atoms with E-state index in [1.54, 1.807) is 4.35 Å². The third-order valence-corrected chi connectivity index (χ3v) is 0.985. The van der Waals surface area contributed by atoms with Crippen LogP contribution in [-0.4, -0.2) is 0 Å². The Morgan fingerprint density at radius 3 is 1.60 bits per heavy atom. The van der Waals surface area contributed by atoms with E-state index < -0.39 is 0 Å². The molecule has 0 aliphatic carbocycles. The second-order valence-corrected chi connectivity index (χ2v) is 2.37. The first-order chi connectivity index (χ1) is 4.81. The predicted molar refractivity (Wildman–Crippen MR) is 46.3 cm³/mol. The van der Waals surface area contributed by atoms with E-state index in [4.69, 9.17) is 11.6 Å². The minimum Gasteiger partial charge on any atom is -0.145 e. The number of halogens is 3. The van der Waals surface area contributed by atoms with Crippen molar-refractivity contribution in [2.24, 2.45) is 0 Å². The molecule has 0 heterocycles. The molecule has 0 atom stereocenters. The first-order valence-corrected chi connectivity index (χ1v) is 3.61. The van der Waals surface area contributed by atoms with Crippen LogP contribution in [0.4, 0.5) is 0 Å². The van der Waals surface area contributed by atoms with Gasteiger partial charge in [-0.3, -0.25) is 0 Å². The van der Waals surface area contributed by atoms with Gasteiger partial charge in [0.15, 0.2) is 0 Å². The van der Waals surface area contributed by atoms with Gasteiger partial charge in [0.05, 0.1) is 0 Å². The van der Waals surface area contributed by atoms with Crippen LogP contribution >= 0.6 is 35.2 Å². The molecule has 0 aliphatic heterocycles. The molecule has 4 heteroatoms. The molecule has 0 amide bonds. The molecule has 0 bridgehead atoms. The van der Waals surface area contributed by atoms with Crippen LogP contribution in [0.15, 0.2) is 30.3 Å². The number of benzene rings is 1. The van der Waals surface area contributed by atoms with Crippen LogP contribution in [0.1, 0.15) is 0 Å². The molecule has 1 rings (SSSR count). The molecule has 1 nitrogen and oxygen atoms in total. The zero-order chi connectivity index (χ0) is 7.82. The van der Waals surface area contributed by atoms with Crippen LogP contribution in [0.25, 0.3) is 0 Å². The normalized spacial score (nSPS) is 7.90. The smallest absolute Gasteiger partial charge is 0.0405 e. The highest BCUT2D eigenvalue weighted by Gasteiger charge is 1.74. The molecule has 0 saturated heterocycles. The van der Waals surface area contributed by atoms with Crippen molar-refractivity contribution >= 4 is 35.2 Å². The Kier molecular flexibility index (Phi) is 7.20. The maximum Gasteiger partial charge on any atom is 0.0405 e. The van der Waals surface area contributed by atoms with Crippen LogP contribution < -0.4 is 4.35 Å². The Bertz CT molecular complexity index is 154. The van der Waals surface area contributed by atoms with Crippen LogP contribution in [0.5, 0.6) is 0 Å². The van der Waals surface area contributed by atoms with Crippen molar-refractivity contribution in [2.45, 2.75) is 0 Å². The molecule has 0 fully saturated rings. The van der Waals surface area contributed by atoms with Crippen molar-refractivity contribution in [3.05, 3.63) is 35.4 Å². The van der Waals surface area contributed by atoms with Crippen molar-refractivity contribution in [3.8, 4) is 0 Å². The van der Waals surface area contributed by atoms with Gasteiger partial charge in [-0.1, -0.05) is 29.8 Å². The van der Waals surface area contributed by atoms with E-state index in [1.807, 2.05) is 30.3 Å². The number of rotatable bonds is 0. The Morgan fingerprint density at radius 2 is 1.40 bits per heavy atom. The molecular weight excluding hydrogens is 192 g/mol. The Labute approximate surface area is 75.1 Å². The Hall–Kier alpha value is 0.0500. The monoisotopic (exact) mass is 197 g/mol. The van der Waals surface area contributed by atoms with E-state index in [2.05, 4.69) is 23.6 Å². The Balaban J connectivity index is 0.000000236. The lowest BCUT2D eigenvalue weighted by atomic mass is 10.4. The average molecular weight is 198 g/mol. The summed E-state index contributed by atoms with van der Waals surface area (Å²) < 4.78 is 1.69. The maximum absolute atomic E-state index is 5.54. The summed E-state index contributed by atoms with van der Waals surface area (Å²) in [6.45, 7) is 0. The molecular formula is C6H6Cl3N. The van der Waals surface area contributed by atoms with Gasteiger partial charge in [-0.2, -0.15) is 0 Å². The van der Waals surface area contributed by atoms with Crippen molar-refractivity contribution in [1.82, 2.24) is 4.35 Å². The summed E-state index contributed by atoms with van der Waals surface area (Å²) in [5.74, 6) is 0. The molecule has 0 aromatic heterocycles. The van der Waals surface area contributed by atoms with Crippen LogP contribution in [0.2, 0.25) is 5.02 Å². The largest absolute Gasteiger partial charge is 0.145 e. The van der Waals surface area contributed by atoms with Gasteiger partial charge < -0.3 is 0 Å². The highest BCUT2D eigenvalue weighted by Crippen LogP contribution is 2.03. The minimum atomic E-state index is 0.794. The quantitative estimate of drug-likeness (QED) is 0.631. The van der Waals surface area contributed by atoms with Crippen LogP contribution in [0.3, 0.4) is 0 Å². The zero-order valence-electron chi connectivity index (χ0n) is 5.02. The molecule has 0 saturated carbocycles. The molecule has 0 spiro atoms. The van der Waals surface area contributed by atoms with E-state index >= 15 is 0 Å².